The molecule has 0 bridgehead atoms. The predicted octanol–water partition coefficient (Wildman–Crippen LogP) is 4.34. The summed E-state index contributed by atoms with van der Waals surface area (Å²) in [6.45, 7) is 1.88. The number of ketones is 1. The van der Waals surface area contributed by atoms with Gasteiger partial charge in [-0.25, -0.2) is 9.18 Å². The lowest BCUT2D eigenvalue weighted by molar-refractivity contribution is -0.152. The molecule has 0 radical (unpaired) electrons. The monoisotopic (exact) mass is 358 g/mol. The summed E-state index contributed by atoms with van der Waals surface area (Å²) < 4.78 is 25.9. The van der Waals surface area contributed by atoms with Crippen molar-refractivity contribution in [2.45, 2.75) is 31.4 Å². The quantitative estimate of drug-likeness (QED) is 0.400. The molecule has 4 nitrogen and oxygen atoms in total. The van der Waals surface area contributed by atoms with Crippen LogP contribution in [-0.2, 0) is 9.53 Å². The summed E-state index contributed by atoms with van der Waals surface area (Å²) in [7, 11) is 2.59. The summed E-state index contributed by atoms with van der Waals surface area (Å²) in [5.74, 6) is -2.48. The highest BCUT2D eigenvalue weighted by Crippen LogP contribution is 2.39. The van der Waals surface area contributed by atoms with E-state index in [1.807, 2.05) is 6.92 Å². The van der Waals surface area contributed by atoms with Crippen LogP contribution in [0.25, 0.3) is 0 Å². The van der Waals surface area contributed by atoms with Crippen LogP contribution < -0.4 is 4.74 Å². The van der Waals surface area contributed by atoms with Gasteiger partial charge >= 0.3 is 5.97 Å². The van der Waals surface area contributed by atoms with Crippen LogP contribution in [0.3, 0.4) is 0 Å². The SMILES string of the molecule is CCC[C@@H](c1ccccc1)[C@](F)(C(=O)OC)C(=O)c1ccc(OC)cc1. The molecule has 0 heterocycles. The Hall–Kier alpha value is -2.69. The van der Waals surface area contributed by atoms with Crippen molar-refractivity contribution in [3.63, 3.8) is 0 Å². The lowest BCUT2D eigenvalue weighted by atomic mass is 9.76. The predicted molar refractivity (Wildman–Crippen MR) is 97.3 cm³/mol. The van der Waals surface area contributed by atoms with Crippen LogP contribution in [0.2, 0.25) is 0 Å². The largest absolute Gasteiger partial charge is 0.497 e. The Morgan fingerprint density at radius 2 is 1.65 bits per heavy atom. The minimum absolute atomic E-state index is 0.0933. The normalized spacial score (nSPS) is 14.2. The van der Waals surface area contributed by atoms with Crippen LogP contribution in [0.4, 0.5) is 4.39 Å². The molecule has 2 rings (SSSR count). The summed E-state index contributed by atoms with van der Waals surface area (Å²) in [6, 6.07) is 14.8. The molecule has 0 saturated carbocycles. The van der Waals surface area contributed by atoms with Gasteiger partial charge in [-0.1, -0.05) is 43.7 Å². The van der Waals surface area contributed by atoms with Crippen LogP contribution in [0.5, 0.6) is 5.75 Å². The van der Waals surface area contributed by atoms with Gasteiger partial charge in [0.05, 0.1) is 14.2 Å². The van der Waals surface area contributed by atoms with E-state index in [-0.39, 0.29) is 5.56 Å². The molecule has 0 aromatic heterocycles. The Balaban J connectivity index is 2.54. The van der Waals surface area contributed by atoms with Crippen LogP contribution in [0.15, 0.2) is 54.6 Å². The van der Waals surface area contributed by atoms with E-state index in [4.69, 9.17) is 9.47 Å². The van der Waals surface area contributed by atoms with Crippen molar-refractivity contribution in [3.8, 4) is 5.75 Å². The molecule has 0 aliphatic heterocycles. The molecule has 0 aliphatic rings. The third kappa shape index (κ3) is 3.77. The minimum atomic E-state index is -2.80. The minimum Gasteiger partial charge on any atom is -0.497 e. The van der Waals surface area contributed by atoms with Gasteiger partial charge in [-0.05, 0) is 36.2 Å². The zero-order valence-corrected chi connectivity index (χ0v) is 15.2. The summed E-state index contributed by atoms with van der Waals surface area (Å²) in [5, 5.41) is 0. The molecular weight excluding hydrogens is 335 g/mol. The van der Waals surface area contributed by atoms with Crippen LogP contribution in [0.1, 0.15) is 41.6 Å². The average Bonchev–Trinajstić information content (AvgIpc) is 2.71. The average molecular weight is 358 g/mol. The van der Waals surface area contributed by atoms with E-state index in [0.29, 0.717) is 24.2 Å². The number of benzene rings is 2. The summed E-state index contributed by atoms with van der Waals surface area (Å²) in [6.07, 6.45) is 0.940. The van der Waals surface area contributed by atoms with Gasteiger partial charge in [-0.15, -0.1) is 0 Å². The van der Waals surface area contributed by atoms with Crippen molar-refractivity contribution >= 4 is 11.8 Å². The zero-order valence-electron chi connectivity index (χ0n) is 15.2. The van der Waals surface area contributed by atoms with Gasteiger partial charge in [0.1, 0.15) is 5.75 Å². The lowest BCUT2D eigenvalue weighted by Gasteiger charge is -2.30. The molecule has 138 valence electrons. The van der Waals surface area contributed by atoms with Gasteiger partial charge < -0.3 is 9.47 Å². The molecule has 0 saturated heterocycles. The van der Waals surface area contributed by atoms with Crippen molar-refractivity contribution in [2.75, 3.05) is 14.2 Å². The van der Waals surface area contributed by atoms with Crippen molar-refractivity contribution in [1.82, 2.24) is 0 Å². The number of Topliss-reactive ketones (excluding diaryl/α,β-unsaturated/α-hetero) is 1. The van der Waals surface area contributed by atoms with Crippen molar-refractivity contribution in [2.24, 2.45) is 0 Å². The highest BCUT2D eigenvalue weighted by atomic mass is 19.1. The maximum absolute atomic E-state index is 16.1. The third-order valence-electron chi connectivity index (χ3n) is 4.42. The molecular formula is C21H23FO4. The number of halogens is 1. The van der Waals surface area contributed by atoms with Gasteiger partial charge in [-0.3, -0.25) is 4.79 Å². The molecule has 0 fully saturated rings. The van der Waals surface area contributed by atoms with Gasteiger partial charge in [0.15, 0.2) is 0 Å². The first-order valence-corrected chi connectivity index (χ1v) is 8.50. The maximum atomic E-state index is 16.1. The molecule has 5 heteroatoms. The molecule has 0 amide bonds. The molecule has 0 spiro atoms. The van der Waals surface area contributed by atoms with Gasteiger partial charge in [0.2, 0.25) is 5.78 Å². The van der Waals surface area contributed by atoms with E-state index < -0.39 is 23.3 Å². The first-order valence-electron chi connectivity index (χ1n) is 8.50. The molecule has 2 aromatic rings. The van der Waals surface area contributed by atoms with Crippen LogP contribution >= 0.6 is 0 Å². The van der Waals surface area contributed by atoms with E-state index in [1.54, 1.807) is 42.5 Å². The number of methoxy groups -OCH3 is 2. The van der Waals surface area contributed by atoms with Crippen molar-refractivity contribution in [1.29, 1.82) is 0 Å². The second-order valence-corrected chi connectivity index (χ2v) is 6.01. The second kappa shape index (κ2) is 8.61. The Morgan fingerprint density at radius 1 is 1.04 bits per heavy atom. The number of carbonyl (C=O) groups is 2. The van der Waals surface area contributed by atoms with Crippen LogP contribution in [0, 0.1) is 0 Å². The third-order valence-corrected chi connectivity index (χ3v) is 4.42. The molecule has 0 aliphatic carbocycles. The fraction of sp³-hybridized carbons (Fsp3) is 0.333. The fourth-order valence-corrected chi connectivity index (χ4v) is 3.06. The number of carbonyl (C=O) groups excluding carboxylic acids is 2. The number of hydrogen-bond donors (Lipinski definition) is 0. The Bertz CT molecular complexity index is 742. The Labute approximate surface area is 152 Å². The summed E-state index contributed by atoms with van der Waals surface area (Å²) in [5.41, 5.74) is -2.12. The van der Waals surface area contributed by atoms with Crippen molar-refractivity contribution in [3.05, 3.63) is 65.7 Å². The molecule has 2 atom stereocenters. The van der Waals surface area contributed by atoms with E-state index >= 15 is 4.39 Å². The first-order chi connectivity index (χ1) is 12.5. The fourth-order valence-electron chi connectivity index (χ4n) is 3.06. The van der Waals surface area contributed by atoms with Gasteiger partial charge in [-0.2, -0.15) is 0 Å². The van der Waals surface area contributed by atoms with Crippen molar-refractivity contribution < 1.29 is 23.5 Å². The number of ether oxygens (including phenoxy) is 2. The van der Waals surface area contributed by atoms with E-state index in [1.165, 1.54) is 19.2 Å². The Morgan fingerprint density at radius 3 is 2.15 bits per heavy atom. The van der Waals surface area contributed by atoms with E-state index in [2.05, 4.69) is 0 Å². The highest BCUT2D eigenvalue weighted by molar-refractivity contribution is 6.16. The second-order valence-electron chi connectivity index (χ2n) is 6.01. The molecule has 2 aromatic carbocycles. The lowest BCUT2D eigenvalue weighted by Crippen LogP contribution is -2.48. The van der Waals surface area contributed by atoms with E-state index in [0.717, 1.165) is 7.11 Å². The number of hydrogen-bond acceptors (Lipinski definition) is 4. The highest BCUT2D eigenvalue weighted by Gasteiger charge is 2.54. The van der Waals surface area contributed by atoms with Crippen LogP contribution in [-0.4, -0.2) is 31.6 Å². The summed E-state index contributed by atoms with van der Waals surface area (Å²) in [4.78, 5) is 25.5. The number of esters is 1. The first kappa shape index (κ1) is 19.6. The van der Waals surface area contributed by atoms with E-state index in [9.17, 15) is 9.59 Å². The smallest absolute Gasteiger partial charge is 0.352 e. The summed E-state index contributed by atoms with van der Waals surface area (Å²) >= 11 is 0. The Kier molecular flexibility index (Phi) is 6.50. The van der Waals surface area contributed by atoms with Gasteiger partial charge in [0.25, 0.3) is 5.67 Å². The maximum Gasteiger partial charge on any atom is 0.352 e. The molecule has 0 N–H and O–H groups in total. The number of rotatable bonds is 8. The number of alkyl halides is 1. The molecule has 26 heavy (non-hydrogen) atoms. The van der Waals surface area contributed by atoms with Gasteiger partial charge in [0, 0.05) is 11.5 Å². The molecule has 0 unspecified atom stereocenters. The standard InChI is InChI=1S/C21H23FO4/c1-4-8-18(15-9-6-5-7-10-15)21(22,20(24)26-3)19(23)16-11-13-17(25-2)14-12-16/h5-7,9-14,18H,4,8H2,1-3H3/t18-,21+/m0/s1. The topological polar surface area (TPSA) is 52.6 Å². The zero-order chi connectivity index (χ0) is 19.2.